The molecule has 5 nitrogen and oxygen atoms in total. The van der Waals surface area contributed by atoms with E-state index >= 15 is 0 Å². The third kappa shape index (κ3) is 2.82. The number of hydrogen-bond acceptors (Lipinski definition) is 3. The molecule has 0 bridgehead atoms. The van der Waals surface area contributed by atoms with E-state index in [-0.39, 0.29) is 5.60 Å². The quantitative estimate of drug-likeness (QED) is 0.678. The smallest absolute Gasteiger partial charge is 0.407 e. The maximum Gasteiger partial charge on any atom is 0.407 e. The predicted molar refractivity (Wildman–Crippen MR) is 55.0 cm³/mol. The van der Waals surface area contributed by atoms with Crippen LogP contribution in [-0.2, 0) is 4.74 Å². The van der Waals surface area contributed by atoms with Crippen molar-refractivity contribution < 1.29 is 14.6 Å². The van der Waals surface area contributed by atoms with Crippen LogP contribution in [-0.4, -0.2) is 65.9 Å². The molecule has 86 valence electrons. The Morgan fingerprint density at radius 1 is 1.40 bits per heavy atom. The minimum Gasteiger partial charge on any atom is -0.465 e. The molecule has 0 aromatic heterocycles. The highest BCUT2D eigenvalue weighted by atomic mass is 16.6. The number of hydrogen-bond donors (Lipinski definition) is 1. The van der Waals surface area contributed by atoms with Crippen LogP contribution in [0.25, 0.3) is 0 Å². The third-order valence-electron chi connectivity index (χ3n) is 3.05. The number of amides is 1. The van der Waals surface area contributed by atoms with Gasteiger partial charge in [-0.15, -0.1) is 0 Å². The first-order valence-electron chi connectivity index (χ1n) is 5.43. The molecule has 5 heteroatoms. The Balaban J connectivity index is 1.81. The lowest BCUT2D eigenvalue weighted by Gasteiger charge is -2.22. The van der Waals surface area contributed by atoms with Crippen molar-refractivity contribution in [2.45, 2.75) is 18.9 Å². The van der Waals surface area contributed by atoms with Crippen molar-refractivity contribution in [2.75, 3.05) is 39.3 Å². The van der Waals surface area contributed by atoms with E-state index in [9.17, 15) is 4.79 Å². The Bertz CT molecular complexity index is 253. The summed E-state index contributed by atoms with van der Waals surface area (Å²) in [4.78, 5) is 14.6. The van der Waals surface area contributed by atoms with Gasteiger partial charge in [-0.05, 0) is 13.3 Å². The van der Waals surface area contributed by atoms with E-state index in [1.165, 1.54) is 4.90 Å². The summed E-state index contributed by atoms with van der Waals surface area (Å²) >= 11 is 0. The SMILES string of the molecule is CC1(CN2CCCN(C(=O)O)CC2)CO1. The molecular formula is C10H18N2O3. The molecule has 0 radical (unpaired) electrons. The molecule has 15 heavy (non-hydrogen) atoms. The zero-order valence-corrected chi connectivity index (χ0v) is 9.11. The Kier molecular flexibility index (Phi) is 2.84. The van der Waals surface area contributed by atoms with E-state index in [1.54, 1.807) is 0 Å². The van der Waals surface area contributed by atoms with Crippen molar-refractivity contribution in [2.24, 2.45) is 0 Å². The first-order valence-corrected chi connectivity index (χ1v) is 5.43. The second kappa shape index (κ2) is 3.98. The van der Waals surface area contributed by atoms with Gasteiger partial charge in [0.25, 0.3) is 0 Å². The minimum atomic E-state index is -0.800. The molecule has 0 saturated carbocycles. The van der Waals surface area contributed by atoms with Crippen LogP contribution in [0.5, 0.6) is 0 Å². The lowest BCUT2D eigenvalue weighted by Crippen LogP contribution is -2.37. The molecule has 0 aromatic carbocycles. The van der Waals surface area contributed by atoms with Crippen molar-refractivity contribution in [1.29, 1.82) is 0 Å². The van der Waals surface area contributed by atoms with Crippen LogP contribution in [0.3, 0.4) is 0 Å². The van der Waals surface area contributed by atoms with E-state index in [4.69, 9.17) is 9.84 Å². The van der Waals surface area contributed by atoms with Gasteiger partial charge in [-0.1, -0.05) is 0 Å². The van der Waals surface area contributed by atoms with Crippen molar-refractivity contribution in [1.82, 2.24) is 9.80 Å². The summed E-state index contributed by atoms with van der Waals surface area (Å²) in [6, 6.07) is 0. The molecule has 0 aliphatic carbocycles. The summed E-state index contributed by atoms with van der Waals surface area (Å²) in [5.74, 6) is 0. The van der Waals surface area contributed by atoms with Crippen molar-refractivity contribution in [3.63, 3.8) is 0 Å². The highest BCUT2D eigenvalue weighted by Crippen LogP contribution is 2.27. The zero-order valence-electron chi connectivity index (χ0n) is 9.11. The minimum absolute atomic E-state index is 0.0401. The maximum atomic E-state index is 10.8. The second-order valence-corrected chi connectivity index (χ2v) is 4.64. The number of carboxylic acid groups (broad SMARTS) is 1. The molecule has 1 atom stereocenters. The predicted octanol–water partition coefficient (Wildman–Crippen LogP) is 0.461. The Hall–Kier alpha value is -0.810. The third-order valence-corrected chi connectivity index (χ3v) is 3.05. The first kappa shape index (κ1) is 10.7. The van der Waals surface area contributed by atoms with Gasteiger partial charge in [0.1, 0.15) is 5.60 Å². The van der Waals surface area contributed by atoms with Gasteiger partial charge >= 0.3 is 6.09 Å². The molecule has 1 unspecified atom stereocenters. The summed E-state index contributed by atoms with van der Waals surface area (Å²) in [6.45, 7) is 6.95. The molecule has 0 spiro atoms. The largest absolute Gasteiger partial charge is 0.465 e. The molecule has 2 aliphatic heterocycles. The number of epoxide rings is 1. The van der Waals surface area contributed by atoms with Gasteiger partial charge in [0.15, 0.2) is 0 Å². The first-order chi connectivity index (χ1) is 7.09. The van der Waals surface area contributed by atoms with Crippen LogP contribution in [0.4, 0.5) is 4.79 Å². The standard InChI is InChI=1S/C10H18N2O3/c1-10(8-15-10)7-11-3-2-4-12(6-5-11)9(13)14/h2-8H2,1H3,(H,13,14). The summed E-state index contributed by atoms with van der Waals surface area (Å²) < 4.78 is 5.34. The normalized spacial score (nSPS) is 32.5. The Labute approximate surface area is 89.6 Å². The Morgan fingerprint density at radius 2 is 2.13 bits per heavy atom. The van der Waals surface area contributed by atoms with Gasteiger partial charge in [0, 0.05) is 32.7 Å². The van der Waals surface area contributed by atoms with Crippen LogP contribution in [0.1, 0.15) is 13.3 Å². The monoisotopic (exact) mass is 214 g/mol. The van der Waals surface area contributed by atoms with Crippen molar-refractivity contribution >= 4 is 6.09 Å². The van der Waals surface area contributed by atoms with Gasteiger partial charge in [0.05, 0.1) is 6.61 Å². The van der Waals surface area contributed by atoms with Crippen LogP contribution < -0.4 is 0 Å². The maximum absolute atomic E-state index is 10.8. The van der Waals surface area contributed by atoms with Crippen molar-refractivity contribution in [3.8, 4) is 0 Å². The molecule has 2 fully saturated rings. The van der Waals surface area contributed by atoms with Gasteiger partial charge < -0.3 is 14.7 Å². The van der Waals surface area contributed by atoms with E-state index in [0.717, 1.165) is 32.7 Å². The van der Waals surface area contributed by atoms with Gasteiger partial charge in [0.2, 0.25) is 0 Å². The molecule has 2 saturated heterocycles. The molecule has 1 N–H and O–H groups in total. The number of rotatable bonds is 2. The summed E-state index contributed by atoms with van der Waals surface area (Å²) in [5, 5.41) is 8.88. The number of carbonyl (C=O) groups is 1. The highest BCUT2D eigenvalue weighted by molar-refractivity contribution is 5.64. The zero-order chi connectivity index (χ0) is 10.9. The van der Waals surface area contributed by atoms with Gasteiger partial charge in [-0.3, -0.25) is 4.90 Å². The molecule has 0 aromatic rings. The van der Waals surface area contributed by atoms with Crippen LogP contribution in [0.2, 0.25) is 0 Å². The molecule has 2 rings (SSSR count). The molecule has 2 heterocycles. The topological polar surface area (TPSA) is 56.3 Å². The average molecular weight is 214 g/mol. The van der Waals surface area contributed by atoms with Crippen LogP contribution in [0.15, 0.2) is 0 Å². The van der Waals surface area contributed by atoms with Crippen LogP contribution in [0, 0.1) is 0 Å². The molecular weight excluding hydrogens is 196 g/mol. The average Bonchev–Trinajstić information content (AvgIpc) is 2.91. The number of ether oxygens (including phenoxy) is 1. The Morgan fingerprint density at radius 3 is 2.73 bits per heavy atom. The lowest BCUT2D eigenvalue weighted by molar-refractivity contribution is 0.145. The fraction of sp³-hybridized carbons (Fsp3) is 0.900. The summed E-state index contributed by atoms with van der Waals surface area (Å²) in [5.41, 5.74) is 0.0401. The lowest BCUT2D eigenvalue weighted by atomic mass is 10.2. The van der Waals surface area contributed by atoms with E-state index in [0.29, 0.717) is 13.1 Å². The summed E-state index contributed by atoms with van der Waals surface area (Å²) in [7, 11) is 0. The number of nitrogens with zero attached hydrogens (tertiary/aromatic N) is 2. The van der Waals surface area contributed by atoms with E-state index < -0.39 is 6.09 Å². The highest BCUT2D eigenvalue weighted by Gasteiger charge is 2.40. The van der Waals surface area contributed by atoms with E-state index in [1.807, 2.05) is 0 Å². The van der Waals surface area contributed by atoms with Crippen molar-refractivity contribution in [3.05, 3.63) is 0 Å². The molecule has 1 amide bonds. The summed E-state index contributed by atoms with van der Waals surface area (Å²) in [6.07, 6.45) is 0.119. The fourth-order valence-electron chi connectivity index (χ4n) is 2.01. The fourth-order valence-corrected chi connectivity index (χ4v) is 2.01. The second-order valence-electron chi connectivity index (χ2n) is 4.64. The van der Waals surface area contributed by atoms with Gasteiger partial charge in [-0.25, -0.2) is 4.79 Å². The molecule has 2 aliphatic rings. The van der Waals surface area contributed by atoms with E-state index in [2.05, 4.69) is 11.8 Å². The van der Waals surface area contributed by atoms with Gasteiger partial charge in [-0.2, -0.15) is 0 Å². The van der Waals surface area contributed by atoms with Crippen LogP contribution >= 0.6 is 0 Å².